The van der Waals surface area contributed by atoms with E-state index in [1.54, 1.807) is 49.6 Å². The number of methoxy groups -OCH3 is 1. The van der Waals surface area contributed by atoms with Gasteiger partial charge < -0.3 is 24.4 Å². The highest BCUT2D eigenvalue weighted by atomic mass is 16.6. The molecule has 0 aliphatic heterocycles. The summed E-state index contributed by atoms with van der Waals surface area (Å²) in [5.74, 6) is -0.442. The Balaban J connectivity index is 1.68. The first-order valence-corrected chi connectivity index (χ1v) is 8.77. The molecule has 7 heteroatoms. The number of phenols is 1. The highest BCUT2D eigenvalue weighted by Crippen LogP contribution is 2.12. The SMILES string of the molecule is COc1ccc(/C=C/C(=O)OCC(O)COC(=O)/C=C/c2ccc(O)cc2)cc1. The Labute approximate surface area is 168 Å². The summed E-state index contributed by atoms with van der Waals surface area (Å²) in [6.45, 7) is -0.616. The Morgan fingerprint density at radius 1 is 0.862 bits per heavy atom. The molecule has 29 heavy (non-hydrogen) atoms. The van der Waals surface area contributed by atoms with Crippen molar-refractivity contribution in [3.63, 3.8) is 0 Å². The van der Waals surface area contributed by atoms with Gasteiger partial charge >= 0.3 is 11.9 Å². The number of ether oxygens (including phenoxy) is 3. The first kappa shape index (κ1) is 21.7. The van der Waals surface area contributed by atoms with Crippen LogP contribution >= 0.6 is 0 Å². The predicted molar refractivity (Wildman–Crippen MR) is 107 cm³/mol. The van der Waals surface area contributed by atoms with Gasteiger partial charge in [0.15, 0.2) is 0 Å². The number of benzene rings is 2. The predicted octanol–water partition coefficient (Wildman–Crippen LogP) is 2.57. The molecule has 0 bridgehead atoms. The van der Waals surface area contributed by atoms with Crippen molar-refractivity contribution in [2.24, 2.45) is 0 Å². The van der Waals surface area contributed by atoms with Crippen molar-refractivity contribution in [1.82, 2.24) is 0 Å². The van der Waals surface area contributed by atoms with E-state index in [4.69, 9.17) is 14.2 Å². The summed E-state index contributed by atoms with van der Waals surface area (Å²) in [4.78, 5) is 23.3. The van der Waals surface area contributed by atoms with Crippen molar-refractivity contribution >= 4 is 24.1 Å². The average molecular weight is 398 g/mol. The molecule has 2 aromatic carbocycles. The van der Waals surface area contributed by atoms with E-state index >= 15 is 0 Å². The fourth-order valence-corrected chi connectivity index (χ4v) is 2.13. The number of aromatic hydroxyl groups is 1. The van der Waals surface area contributed by atoms with Gasteiger partial charge in [-0.25, -0.2) is 9.59 Å². The fraction of sp³-hybridized carbons (Fsp3) is 0.182. The monoisotopic (exact) mass is 398 g/mol. The molecule has 0 heterocycles. The van der Waals surface area contributed by atoms with Gasteiger partial charge in [0.05, 0.1) is 7.11 Å². The molecular weight excluding hydrogens is 376 g/mol. The van der Waals surface area contributed by atoms with Gasteiger partial charge in [0.1, 0.15) is 30.8 Å². The lowest BCUT2D eigenvalue weighted by Crippen LogP contribution is -2.24. The number of carbonyl (C=O) groups is 2. The third-order valence-electron chi connectivity index (χ3n) is 3.67. The number of aliphatic hydroxyl groups is 1. The summed E-state index contributed by atoms with van der Waals surface area (Å²) in [6.07, 6.45) is 4.38. The molecule has 0 spiro atoms. The molecule has 0 radical (unpaired) electrons. The van der Waals surface area contributed by atoms with Crippen molar-refractivity contribution in [3.05, 3.63) is 71.8 Å². The van der Waals surface area contributed by atoms with E-state index in [-0.39, 0.29) is 19.0 Å². The van der Waals surface area contributed by atoms with Crippen LogP contribution in [0.15, 0.2) is 60.7 Å². The molecule has 0 saturated carbocycles. The van der Waals surface area contributed by atoms with Crippen LogP contribution in [0.25, 0.3) is 12.2 Å². The van der Waals surface area contributed by atoms with E-state index in [1.807, 2.05) is 0 Å². The van der Waals surface area contributed by atoms with E-state index < -0.39 is 18.0 Å². The molecule has 2 N–H and O–H groups in total. The van der Waals surface area contributed by atoms with Crippen LogP contribution < -0.4 is 4.74 Å². The molecule has 0 saturated heterocycles. The Hall–Kier alpha value is -3.58. The van der Waals surface area contributed by atoms with E-state index in [0.717, 1.165) is 5.56 Å². The third kappa shape index (κ3) is 8.32. The maximum absolute atomic E-state index is 11.7. The number of aliphatic hydroxyl groups excluding tert-OH is 1. The number of phenolic OH excluding ortho intramolecular Hbond substituents is 1. The van der Waals surface area contributed by atoms with E-state index in [9.17, 15) is 19.8 Å². The molecule has 1 unspecified atom stereocenters. The van der Waals surface area contributed by atoms with Crippen molar-refractivity contribution in [2.75, 3.05) is 20.3 Å². The van der Waals surface area contributed by atoms with Crippen LogP contribution in [0.3, 0.4) is 0 Å². The van der Waals surface area contributed by atoms with Gasteiger partial charge in [0, 0.05) is 12.2 Å². The van der Waals surface area contributed by atoms with Gasteiger partial charge in [-0.1, -0.05) is 24.3 Å². The molecule has 0 aromatic heterocycles. The van der Waals surface area contributed by atoms with Gasteiger partial charge in [-0.05, 0) is 47.5 Å². The average Bonchev–Trinajstić information content (AvgIpc) is 2.74. The zero-order valence-electron chi connectivity index (χ0n) is 15.9. The maximum atomic E-state index is 11.7. The Morgan fingerprint density at radius 3 is 1.76 bits per heavy atom. The minimum Gasteiger partial charge on any atom is -0.508 e. The number of hydrogen-bond donors (Lipinski definition) is 2. The van der Waals surface area contributed by atoms with Crippen molar-refractivity contribution < 1.29 is 34.0 Å². The molecule has 2 aromatic rings. The minimum absolute atomic E-state index is 0.126. The van der Waals surface area contributed by atoms with Crippen LogP contribution in [0.1, 0.15) is 11.1 Å². The van der Waals surface area contributed by atoms with Crippen LogP contribution in [-0.2, 0) is 19.1 Å². The number of carbonyl (C=O) groups excluding carboxylic acids is 2. The van der Waals surface area contributed by atoms with Crippen molar-refractivity contribution in [3.8, 4) is 11.5 Å². The summed E-state index contributed by atoms with van der Waals surface area (Å²) in [5, 5.41) is 19.0. The van der Waals surface area contributed by atoms with Gasteiger partial charge in [0.2, 0.25) is 0 Å². The lowest BCUT2D eigenvalue weighted by molar-refractivity contribution is -0.146. The number of esters is 2. The third-order valence-corrected chi connectivity index (χ3v) is 3.67. The van der Waals surface area contributed by atoms with Crippen molar-refractivity contribution in [1.29, 1.82) is 0 Å². The smallest absolute Gasteiger partial charge is 0.330 e. The molecule has 152 valence electrons. The van der Waals surface area contributed by atoms with E-state index in [1.165, 1.54) is 30.4 Å². The zero-order chi connectivity index (χ0) is 21.1. The zero-order valence-corrected chi connectivity index (χ0v) is 15.9. The van der Waals surface area contributed by atoms with Crippen molar-refractivity contribution in [2.45, 2.75) is 6.10 Å². The first-order chi connectivity index (χ1) is 14.0. The lowest BCUT2D eigenvalue weighted by Gasteiger charge is -2.10. The van der Waals surface area contributed by atoms with Gasteiger partial charge in [-0.15, -0.1) is 0 Å². The Bertz CT molecular complexity index is 852. The summed E-state index contributed by atoms with van der Waals surface area (Å²) < 4.78 is 14.8. The second kappa shape index (κ2) is 11.3. The first-order valence-electron chi connectivity index (χ1n) is 8.77. The molecule has 0 fully saturated rings. The summed E-state index contributed by atoms with van der Waals surface area (Å²) in [5.41, 5.74) is 1.50. The largest absolute Gasteiger partial charge is 0.508 e. The van der Waals surface area contributed by atoms with E-state index in [0.29, 0.717) is 11.3 Å². The van der Waals surface area contributed by atoms with Crippen LogP contribution in [-0.4, -0.2) is 48.6 Å². The van der Waals surface area contributed by atoms with Crippen LogP contribution in [0.4, 0.5) is 0 Å². The minimum atomic E-state index is -1.14. The lowest BCUT2D eigenvalue weighted by atomic mass is 10.2. The molecule has 7 nitrogen and oxygen atoms in total. The highest BCUT2D eigenvalue weighted by Gasteiger charge is 2.09. The standard InChI is InChI=1S/C22H22O7/c1-27-20-10-4-17(5-11-20)7-13-22(26)29-15-19(24)14-28-21(25)12-6-16-2-8-18(23)9-3-16/h2-13,19,23-24H,14-15H2,1H3/b12-6+,13-7+. The van der Waals surface area contributed by atoms with Crippen LogP contribution in [0.5, 0.6) is 11.5 Å². The quantitative estimate of drug-likeness (QED) is 0.494. The second-order valence-corrected chi connectivity index (χ2v) is 5.95. The van der Waals surface area contributed by atoms with Gasteiger partial charge in [-0.2, -0.15) is 0 Å². The number of hydrogen-bond acceptors (Lipinski definition) is 7. The van der Waals surface area contributed by atoms with E-state index in [2.05, 4.69) is 0 Å². The van der Waals surface area contributed by atoms with Gasteiger partial charge in [0.25, 0.3) is 0 Å². The summed E-state index contributed by atoms with van der Waals surface area (Å²) in [7, 11) is 1.57. The maximum Gasteiger partial charge on any atom is 0.330 e. The summed E-state index contributed by atoms with van der Waals surface area (Å²) >= 11 is 0. The molecule has 1 atom stereocenters. The molecule has 0 amide bonds. The molecule has 0 aliphatic rings. The molecular formula is C22H22O7. The van der Waals surface area contributed by atoms with Crippen LogP contribution in [0, 0.1) is 0 Å². The summed E-state index contributed by atoms with van der Waals surface area (Å²) in [6, 6.07) is 13.3. The topological polar surface area (TPSA) is 102 Å². The highest BCUT2D eigenvalue weighted by molar-refractivity contribution is 5.87. The Kier molecular flexibility index (Phi) is 8.47. The Morgan fingerprint density at radius 2 is 1.31 bits per heavy atom. The van der Waals surface area contributed by atoms with Gasteiger partial charge in [-0.3, -0.25) is 0 Å². The number of rotatable bonds is 9. The normalized spacial score (nSPS) is 12.1. The fourth-order valence-electron chi connectivity index (χ4n) is 2.13. The van der Waals surface area contributed by atoms with Crippen LogP contribution in [0.2, 0.25) is 0 Å². The molecule has 0 aliphatic carbocycles. The second-order valence-electron chi connectivity index (χ2n) is 5.95. The molecule has 2 rings (SSSR count).